The summed E-state index contributed by atoms with van der Waals surface area (Å²) in [6, 6.07) is 0. The number of hydrogen-bond donors (Lipinski definition) is 3. The van der Waals surface area contributed by atoms with Gasteiger partial charge in [-0.3, -0.25) is 19.2 Å². The van der Waals surface area contributed by atoms with Crippen LogP contribution in [-0.2, 0) is 19.2 Å². The number of amides is 3. The summed E-state index contributed by atoms with van der Waals surface area (Å²) in [5.74, 6) is 0.311. The van der Waals surface area contributed by atoms with Gasteiger partial charge in [-0.05, 0) is 25.2 Å². The standard InChI is InChI=1S/C19H35N3O4/c1-4-7-16(23)10-11-19(26)21-13-5-8-17(24)20-12-6-9-18(25)22-14-15(2)3/h15H,4-14H2,1-3H3,(H,20,24)(H,21,26)(H,22,25). The highest BCUT2D eigenvalue weighted by molar-refractivity contribution is 5.84. The van der Waals surface area contributed by atoms with Gasteiger partial charge in [0.2, 0.25) is 17.7 Å². The minimum Gasteiger partial charge on any atom is -0.356 e. The third kappa shape index (κ3) is 15.6. The highest BCUT2D eigenvalue weighted by atomic mass is 16.2. The van der Waals surface area contributed by atoms with Gasteiger partial charge in [0.1, 0.15) is 5.78 Å². The molecule has 0 spiro atoms. The van der Waals surface area contributed by atoms with Crippen molar-refractivity contribution in [2.45, 2.75) is 72.1 Å². The molecule has 0 saturated heterocycles. The maximum absolute atomic E-state index is 11.7. The van der Waals surface area contributed by atoms with Crippen molar-refractivity contribution in [1.29, 1.82) is 0 Å². The number of carbonyl (C=O) groups is 4. The third-order valence-corrected chi connectivity index (χ3v) is 3.67. The van der Waals surface area contributed by atoms with Crippen molar-refractivity contribution >= 4 is 23.5 Å². The van der Waals surface area contributed by atoms with E-state index < -0.39 is 0 Å². The van der Waals surface area contributed by atoms with Crippen molar-refractivity contribution in [3.05, 3.63) is 0 Å². The number of nitrogens with one attached hydrogen (secondary N) is 3. The summed E-state index contributed by atoms with van der Waals surface area (Å²) >= 11 is 0. The lowest BCUT2D eigenvalue weighted by molar-refractivity contribution is -0.125. The predicted octanol–water partition coefficient (Wildman–Crippen LogP) is 1.70. The smallest absolute Gasteiger partial charge is 0.220 e. The van der Waals surface area contributed by atoms with E-state index in [2.05, 4.69) is 16.0 Å². The molecule has 0 aliphatic carbocycles. The Labute approximate surface area is 157 Å². The Balaban J connectivity index is 3.55. The molecule has 0 fully saturated rings. The maximum Gasteiger partial charge on any atom is 0.220 e. The molecular formula is C19H35N3O4. The molecule has 26 heavy (non-hydrogen) atoms. The Morgan fingerprint density at radius 3 is 1.69 bits per heavy atom. The van der Waals surface area contributed by atoms with Gasteiger partial charge in [0.05, 0.1) is 0 Å². The molecule has 0 atom stereocenters. The largest absolute Gasteiger partial charge is 0.356 e. The van der Waals surface area contributed by atoms with Gasteiger partial charge in [0.15, 0.2) is 0 Å². The van der Waals surface area contributed by atoms with Crippen LogP contribution in [0.4, 0.5) is 0 Å². The second-order valence-electron chi connectivity index (χ2n) is 6.89. The second kappa shape index (κ2) is 15.3. The quantitative estimate of drug-likeness (QED) is 0.382. The van der Waals surface area contributed by atoms with Gasteiger partial charge in [-0.15, -0.1) is 0 Å². The fourth-order valence-electron chi connectivity index (χ4n) is 2.19. The number of rotatable bonds is 15. The lowest BCUT2D eigenvalue weighted by Gasteiger charge is -2.08. The predicted molar refractivity (Wildman–Crippen MR) is 101 cm³/mol. The van der Waals surface area contributed by atoms with Crippen molar-refractivity contribution < 1.29 is 19.2 Å². The average molecular weight is 370 g/mol. The summed E-state index contributed by atoms with van der Waals surface area (Å²) in [4.78, 5) is 46.1. The zero-order valence-corrected chi connectivity index (χ0v) is 16.5. The molecule has 7 nitrogen and oxygen atoms in total. The molecule has 0 aliphatic rings. The monoisotopic (exact) mass is 369 g/mol. The normalized spacial score (nSPS) is 10.5. The van der Waals surface area contributed by atoms with Gasteiger partial charge in [-0.1, -0.05) is 20.8 Å². The fourth-order valence-corrected chi connectivity index (χ4v) is 2.19. The molecule has 0 aromatic rings. The van der Waals surface area contributed by atoms with Crippen LogP contribution in [0.1, 0.15) is 72.1 Å². The van der Waals surface area contributed by atoms with Gasteiger partial charge in [-0.2, -0.15) is 0 Å². The van der Waals surface area contributed by atoms with Crippen LogP contribution in [0.15, 0.2) is 0 Å². The summed E-state index contributed by atoms with van der Waals surface area (Å²) in [6.45, 7) is 7.57. The molecule has 0 unspecified atom stereocenters. The number of Topliss-reactive ketones (excluding diaryl/α,β-unsaturated/α-hetero) is 1. The Hall–Kier alpha value is -1.92. The maximum atomic E-state index is 11.7. The lowest BCUT2D eigenvalue weighted by Crippen LogP contribution is -2.30. The lowest BCUT2D eigenvalue weighted by atomic mass is 10.1. The van der Waals surface area contributed by atoms with Crippen molar-refractivity contribution in [3.8, 4) is 0 Å². The first-order chi connectivity index (χ1) is 12.3. The van der Waals surface area contributed by atoms with Crippen LogP contribution in [0, 0.1) is 5.92 Å². The van der Waals surface area contributed by atoms with E-state index >= 15 is 0 Å². The van der Waals surface area contributed by atoms with Crippen LogP contribution >= 0.6 is 0 Å². The van der Waals surface area contributed by atoms with Crippen LogP contribution in [0.5, 0.6) is 0 Å². The molecule has 0 rings (SSSR count). The Morgan fingerprint density at radius 1 is 0.692 bits per heavy atom. The topological polar surface area (TPSA) is 104 Å². The summed E-state index contributed by atoms with van der Waals surface area (Å²) in [6.07, 6.45) is 3.71. The van der Waals surface area contributed by atoms with Crippen molar-refractivity contribution in [1.82, 2.24) is 16.0 Å². The molecule has 0 heterocycles. The highest BCUT2D eigenvalue weighted by Crippen LogP contribution is 1.98. The Bertz CT molecular complexity index is 450. The Kier molecular flexibility index (Phi) is 14.2. The zero-order chi connectivity index (χ0) is 19.8. The second-order valence-corrected chi connectivity index (χ2v) is 6.89. The number of hydrogen-bond acceptors (Lipinski definition) is 4. The summed E-state index contributed by atoms with van der Waals surface area (Å²) in [5, 5.41) is 8.32. The van der Waals surface area contributed by atoms with Crippen molar-refractivity contribution in [3.63, 3.8) is 0 Å². The number of ketones is 1. The van der Waals surface area contributed by atoms with E-state index in [1.165, 1.54) is 0 Å². The van der Waals surface area contributed by atoms with E-state index in [-0.39, 0.29) is 36.3 Å². The molecule has 7 heteroatoms. The van der Waals surface area contributed by atoms with Gasteiger partial charge in [0.25, 0.3) is 0 Å². The first-order valence-electron chi connectivity index (χ1n) is 9.66. The number of carbonyl (C=O) groups excluding carboxylic acids is 4. The van der Waals surface area contributed by atoms with Gasteiger partial charge in [0, 0.05) is 51.7 Å². The van der Waals surface area contributed by atoms with E-state index in [0.29, 0.717) is 57.7 Å². The minimum absolute atomic E-state index is 0.00748. The van der Waals surface area contributed by atoms with Crippen LogP contribution in [0.25, 0.3) is 0 Å². The van der Waals surface area contributed by atoms with Crippen molar-refractivity contribution in [2.24, 2.45) is 5.92 Å². The molecule has 3 amide bonds. The summed E-state index contributed by atoms with van der Waals surface area (Å²) < 4.78 is 0. The molecular weight excluding hydrogens is 334 g/mol. The first-order valence-corrected chi connectivity index (χ1v) is 9.66. The van der Waals surface area contributed by atoms with E-state index in [1.807, 2.05) is 20.8 Å². The summed E-state index contributed by atoms with van der Waals surface area (Å²) in [5.41, 5.74) is 0. The molecule has 0 aliphatic heterocycles. The van der Waals surface area contributed by atoms with Crippen LogP contribution in [-0.4, -0.2) is 43.1 Å². The molecule has 0 bridgehead atoms. The van der Waals surface area contributed by atoms with Gasteiger partial charge < -0.3 is 16.0 Å². The van der Waals surface area contributed by atoms with Crippen LogP contribution in [0.2, 0.25) is 0 Å². The molecule has 3 N–H and O–H groups in total. The fraction of sp³-hybridized carbons (Fsp3) is 0.789. The molecule has 0 saturated carbocycles. The SMILES string of the molecule is CCCC(=O)CCC(=O)NCCCC(=O)NCCCC(=O)NCC(C)C. The van der Waals surface area contributed by atoms with Crippen LogP contribution in [0.3, 0.4) is 0 Å². The molecule has 0 aromatic carbocycles. The summed E-state index contributed by atoms with van der Waals surface area (Å²) in [7, 11) is 0. The zero-order valence-electron chi connectivity index (χ0n) is 16.5. The highest BCUT2D eigenvalue weighted by Gasteiger charge is 2.07. The minimum atomic E-state index is -0.151. The molecule has 0 radical (unpaired) electrons. The van der Waals surface area contributed by atoms with Crippen LogP contribution < -0.4 is 16.0 Å². The molecule has 150 valence electrons. The molecule has 0 aromatic heterocycles. The van der Waals surface area contributed by atoms with Crippen molar-refractivity contribution in [2.75, 3.05) is 19.6 Å². The van der Waals surface area contributed by atoms with E-state index in [9.17, 15) is 19.2 Å². The average Bonchev–Trinajstić information content (AvgIpc) is 2.59. The first kappa shape index (κ1) is 24.1. The van der Waals surface area contributed by atoms with E-state index in [0.717, 1.165) is 6.42 Å². The van der Waals surface area contributed by atoms with Gasteiger partial charge >= 0.3 is 0 Å². The third-order valence-electron chi connectivity index (χ3n) is 3.67. The Morgan fingerprint density at radius 2 is 1.19 bits per heavy atom. The van der Waals surface area contributed by atoms with E-state index in [4.69, 9.17) is 0 Å². The van der Waals surface area contributed by atoms with E-state index in [1.54, 1.807) is 0 Å². The van der Waals surface area contributed by atoms with Gasteiger partial charge in [-0.25, -0.2) is 0 Å².